The Morgan fingerprint density at radius 1 is 1.25 bits per heavy atom. The molecule has 1 aromatic carbocycles. The van der Waals surface area contributed by atoms with Crippen molar-refractivity contribution in [1.29, 1.82) is 0 Å². The van der Waals surface area contributed by atoms with Gasteiger partial charge in [-0.25, -0.2) is 0 Å². The minimum atomic E-state index is 0.169. The van der Waals surface area contributed by atoms with Crippen LogP contribution in [0.25, 0.3) is 0 Å². The molecule has 0 atom stereocenters. The van der Waals surface area contributed by atoms with Crippen LogP contribution in [0.15, 0.2) is 12.1 Å². The van der Waals surface area contributed by atoms with Gasteiger partial charge in [-0.3, -0.25) is 0 Å². The van der Waals surface area contributed by atoms with Gasteiger partial charge in [0.05, 0.1) is 0 Å². The molecule has 86 valence electrons. The third kappa shape index (κ3) is 2.11. The van der Waals surface area contributed by atoms with Gasteiger partial charge in [0, 0.05) is 11.5 Å². The molecule has 0 saturated carbocycles. The van der Waals surface area contributed by atoms with E-state index in [0.717, 1.165) is 5.75 Å². The Morgan fingerprint density at radius 3 is 2.56 bits per heavy atom. The fourth-order valence-corrected chi connectivity index (χ4v) is 2.11. The summed E-state index contributed by atoms with van der Waals surface area (Å²) in [6.07, 6.45) is 2.23. The predicted octanol–water partition coefficient (Wildman–Crippen LogP) is 3.41. The first-order valence-corrected chi connectivity index (χ1v) is 5.73. The first-order chi connectivity index (χ1) is 7.37. The number of benzene rings is 1. The molecule has 1 heterocycles. The van der Waals surface area contributed by atoms with Crippen molar-refractivity contribution in [2.24, 2.45) is 5.41 Å². The Labute approximate surface area is 97.6 Å². The third-order valence-electron chi connectivity index (χ3n) is 2.60. The first-order valence-electron chi connectivity index (χ1n) is 5.73. The van der Waals surface area contributed by atoms with Crippen LogP contribution in [0.1, 0.15) is 31.9 Å². The minimum Gasteiger partial charge on any atom is -0.429 e. The molecule has 1 aliphatic heterocycles. The zero-order chi connectivity index (χ0) is 11.9. The van der Waals surface area contributed by atoms with E-state index in [4.69, 9.17) is 4.74 Å². The smallest absolute Gasteiger partial charge is 0.292 e. The highest BCUT2D eigenvalue weighted by atomic mass is 16.5. The lowest BCUT2D eigenvalue weighted by molar-refractivity contribution is -0.456. The van der Waals surface area contributed by atoms with Gasteiger partial charge in [-0.1, -0.05) is 26.8 Å². The third-order valence-corrected chi connectivity index (χ3v) is 2.60. The Balaban J connectivity index is 2.51. The van der Waals surface area contributed by atoms with E-state index in [1.54, 1.807) is 0 Å². The van der Waals surface area contributed by atoms with Crippen molar-refractivity contribution >= 4 is 11.9 Å². The molecule has 2 nitrogen and oxygen atoms in total. The van der Waals surface area contributed by atoms with Crippen LogP contribution in [0.5, 0.6) is 5.75 Å². The van der Waals surface area contributed by atoms with Crippen LogP contribution >= 0.6 is 0 Å². The van der Waals surface area contributed by atoms with Crippen molar-refractivity contribution < 1.29 is 9.31 Å². The van der Waals surface area contributed by atoms with E-state index in [1.165, 1.54) is 16.8 Å². The first kappa shape index (κ1) is 11.2. The highest BCUT2D eigenvalue weighted by Crippen LogP contribution is 2.36. The number of fused-ring (bicyclic) bond motifs is 1. The average molecular weight is 218 g/mol. The molecular formula is C14H20NO+. The van der Waals surface area contributed by atoms with Gasteiger partial charge in [-0.15, -0.1) is 0 Å². The topological polar surface area (TPSA) is 12.2 Å². The Hall–Kier alpha value is -1.31. The molecule has 0 fully saturated rings. The second kappa shape index (κ2) is 3.62. The summed E-state index contributed by atoms with van der Waals surface area (Å²) in [5.74, 6) is 1.03. The quantitative estimate of drug-likeness (QED) is 0.608. The molecule has 2 rings (SSSR count). The fraction of sp³-hybridized carbons (Fsp3) is 0.500. The van der Waals surface area contributed by atoms with Gasteiger partial charge in [-0.05, 0) is 25.0 Å². The molecule has 0 amide bonds. The summed E-state index contributed by atoms with van der Waals surface area (Å²) < 4.78 is 7.94. The highest BCUT2D eigenvalue weighted by molar-refractivity contribution is 5.64. The molecule has 1 aromatic rings. The summed E-state index contributed by atoms with van der Waals surface area (Å²) >= 11 is 0. The maximum atomic E-state index is 5.74. The molecule has 0 unspecified atom stereocenters. The van der Waals surface area contributed by atoms with Crippen LogP contribution in [0, 0.1) is 19.3 Å². The SMILES string of the molecule is Cc1cc(C)c2c(c1)/[N+](=C\C(C)(C)C)CO2. The highest BCUT2D eigenvalue weighted by Gasteiger charge is 2.28. The van der Waals surface area contributed by atoms with E-state index in [2.05, 4.69) is 57.5 Å². The number of hydrogen-bond donors (Lipinski definition) is 0. The molecule has 16 heavy (non-hydrogen) atoms. The molecule has 0 N–H and O–H groups in total. The predicted molar refractivity (Wildman–Crippen MR) is 66.9 cm³/mol. The summed E-state index contributed by atoms with van der Waals surface area (Å²) in [4.78, 5) is 0. The molecule has 0 aromatic heterocycles. The van der Waals surface area contributed by atoms with Gasteiger partial charge in [0.25, 0.3) is 12.4 Å². The number of hydrogen-bond acceptors (Lipinski definition) is 1. The van der Waals surface area contributed by atoms with E-state index in [1.807, 2.05) is 0 Å². The van der Waals surface area contributed by atoms with Gasteiger partial charge < -0.3 is 4.74 Å². The van der Waals surface area contributed by atoms with E-state index in [-0.39, 0.29) is 5.41 Å². The molecular weight excluding hydrogens is 198 g/mol. The van der Waals surface area contributed by atoms with Crippen LogP contribution in [0.2, 0.25) is 0 Å². The van der Waals surface area contributed by atoms with Crippen LogP contribution < -0.4 is 4.74 Å². The molecule has 0 saturated heterocycles. The van der Waals surface area contributed by atoms with Gasteiger partial charge in [0.15, 0.2) is 6.21 Å². The second-order valence-electron chi connectivity index (χ2n) is 5.67. The van der Waals surface area contributed by atoms with Crippen molar-refractivity contribution in [2.45, 2.75) is 34.6 Å². The van der Waals surface area contributed by atoms with Crippen molar-refractivity contribution in [1.82, 2.24) is 0 Å². The summed E-state index contributed by atoms with van der Waals surface area (Å²) in [7, 11) is 0. The standard InChI is InChI=1S/C14H20NO/c1-10-6-11(2)13-12(7-10)15(9-16-13)8-14(3,4)5/h6-8H,9H2,1-5H3/q+1/b15-8-. The lowest BCUT2D eigenvalue weighted by Crippen LogP contribution is -2.17. The van der Waals surface area contributed by atoms with E-state index in [0.29, 0.717) is 6.73 Å². The monoisotopic (exact) mass is 218 g/mol. The Morgan fingerprint density at radius 2 is 1.94 bits per heavy atom. The molecule has 1 aliphatic rings. The van der Waals surface area contributed by atoms with Crippen LogP contribution in [-0.4, -0.2) is 17.5 Å². The second-order valence-corrected chi connectivity index (χ2v) is 5.67. The lowest BCUT2D eigenvalue weighted by Gasteiger charge is -2.07. The zero-order valence-electron chi connectivity index (χ0n) is 10.8. The Bertz CT molecular complexity index is 453. The maximum absolute atomic E-state index is 5.74. The molecule has 0 spiro atoms. The molecule has 0 bridgehead atoms. The van der Waals surface area contributed by atoms with Gasteiger partial charge in [0.1, 0.15) is 0 Å². The largest absolute Gasteiger partial charge is 0.429 e. The van der Waals surface area contributed by atoms with Gasteiger partial charge in [0.2, 0.25) is 5.75 Å². The van der Waals surface area contributed by atoms with E-state index >= 15 is 0 Å². The van der Waals surface area contributed by atoms with Crippen molar-refractivity contribution in [2.75, 3.05) is 6.73 Å². The van der Waals surface area contributed by atoms with Gasteiger partial charge in [-0.2, -0.15) is 4.58 Å². The fourth-order valence-electron chi connectivity index (χ4n) is 2.11. The molecule has 0 aliphatic carbocycles. The van der Waals surface area contributed by atoms with Crippen molar-refractivity contribution in [3.8, 4) is 5.75 Å². The summed E-state index contributed by atoms with van der Waals surface area (Å²) in [6.45, 7) is 11.5. The zero-order valence-corrected chi connectivity index (χ0v) is 10.8. The number of aryl methyl sites for hydroxylation is 2. The van der Waals surface area contributed by atoms with Crippen LogP contribution in [0.3, 0.4) is 0 Å². The van der Waals surface area contributed by atoms with Gasteiger partial charge >= 0.3 is 0 Å². The minimum absolute atomic E-state index is 0.169. The van der Waals surface area contributed by atoms with Crippen LogP contribution in [0.4, 0.5) is 5.69 Å². The van der Waals surface area contributed by atoms with E-state index in [9.17, 15) is 0 Å². The normalized spacial score (nSPS) is 17.4. The molecule has 2 heteroatoms. The summed E-state index contributed by atoms with van der Waals surface area (Å²) in [6, 6.07) is 4.36. The molecule has 0 radical (unpaired) electrons. The lowest BCUT2D eigenvalue weighted by atomic mass is 9.99. The maximum Gasteiger partial charge on any atom is 0.292 e. The number of rotatable bonds is 0. The average Bonchev–Trinajstić information content (AvgIpc) is 2.46. The van der Waals surface area contributed by atoms with E-state index < -0.39 is 0 Å². The number of ether oxygens (including phenoxy) is 1. The van der Waals surface area contributed by atoms with Crippen molar-refractivity contribution in [3.63, 3.8) is 0 Å². The number of nitrogens with zero attached hydrogens (tertiary/aromatic N) is 1. The Kier molecular flexibility index (Phi) is 2.53. The van der Waals surface area contributed by atoms with Crippen molar-refractivity contribution in [3.05, 3.63) is 23.3 Å². The summed E-state index contributed by atoms with van der Waals surface area (Å²) in [5, 5.41) is 0. The van der Waals surface area contributed by atoms with Crippen LogP contribution in [-0.2, 0) is 0 Å². The summed E-state index contributed by atoms with van der Waals surface area (Å²) in [5.41, 5.74) is 3.88.